The smallest absolute Gasteiger partial charge is 0.192 e. The molecule has 0 amide bonds. The van der Waals surface area contributed by atoms with E-state index in [9.17, 15) is 5.11 Å². The fourth-order valence-corrected chi connectivity index (χ4v) is 3.39. The van der Waals surface area contributed by atoms with Gasteiger partial charge in [0.25, 0.3) is 0 Å². The highest BCUT2D eigenvalue weighted by Crippen LogP contribution is 2.37. The second-order valence-electron chi connectivity index (χ2n) is 5.85. The number of aromatic hydroxyl groups is 1. The molecule has 5 heteroatoms. The van der Waals surface area contributed by atoms with Crippen LogP contribution in [-0.4, -0.2) is 41.8 Å². The molecule has 2 heterocycles. The number of rotatable bonds is 4. The number of guanidine groups is 1. The molecule has 0 aromatic heterocycles. The van der Waals surface area contributed by atoms with Crippen LogP contribution < -0.4 is 5.73 Å². The van der Waals surface area contributed by atoms with E-state index in [4.69, 9.17) is 10.5 Å². The number of nitrogens with two attached hydrogens (primary N) is 1. The summed E-state index contributed by atoms with van der Waals surface area (Å²) in [5.74, 6) is 0.878. The highest BCUT2D eigenvalue weighted by Gasteiger charge is 2.43. The molecule has 2 aliphatic rings. The molecule has 2 aliphatic heterocycles. The molecule has 0 saturated carbocycles. The van der Waals surface area contributed by atoms with E-state index in [1.165, 1.54) is 0 Å². The number of aliphatic imine (C=N–C) groups is 1. The van der Waals surface area contributed by atoms with Gasteiger partial charge in [0.1, 0.15) is 5.75 Å². The van der Waals surface area contributed by atoms with Crippen molar-refractivity contribution < 1.29 is 9.84 Å². The summed E-state index contributed by atoms with van der Waals surface area (Å²) < 4.78 is 5.76. The van der Waals surface area contributed by atoms with Gasteiger partial charge in [-0.15, -0.1) is 0 Å². The van der Waals surface area contributed by atoms with Crippen molar-refractivity contribution in [2.24, 2.45) is 10.7 Å². The topological polar surface area (TPSA) is 71.1 Å². The van der Waals surface area contributed by atoms with Crippen LogP contribution in [0.15, 0.2) is 29.3 Å². The molecule has 1 aromatic carbocycles. The summed E-state index contributed by atoms with van der Waals surface area (Å²) in [6, 6.07) is 7.39. The van der Waals surface area contributed by atoms with Gasteiger partial charge >= 0.3 is 0 Å². The van der Waals surface area contributed by atoms with Crippen molar-refractivity contribution in [1.82, 2.24) is 4.90 Å². The summed E-state index contributed by atoms with van der Waals surface area (Å²) in [4.78, 5) is 6.68. The number of nitrogens with zero attached hydrogens (tertiary/aromatic N) is 2. The van der Waals surface area contributed by atoms with Gasteiger partial charge in [0, 0.05) is 13.2 Å². The van der Waals surface area contributed by atoms with Gasteiger partial charge in [0.15, 0.2) is 5.96 Å². The highest BCUT2D eigenvalue weighted by molar-refractivity contribution is 5.81. The van der Waals surface area contributed by atoms with Crippen LogP contribution in [0.2, 0.25) is 0 Å². The summed E-state index contributed by atoms with van der Waals surface area (Å²) in [7, 11) is 0. The van der Waals surface area contributed by atoms with Gasteiger partial charge in [-0.3, -0.25) is 4.99 Å². The second kappa shape index (κ2) is 5.56. The van der Waals surface area contributed by atoms with Gasteiger partial charge < -0.3 is 20.5 Å². The lowest BCUT2D eigenvalue weighted by atomic mass is 9.86. The molecular formula is C16H23N3O2. The minimum atomic E-state index is -0.219. The fraction of sp³-hybridized carbons (Fsp3) is 0.562. The monoisotopic (exact) mass is 289 g/mol. The van der Waals surface area contributed by atoms with E-state index >= 15 is 0 Å². The molecule has 0 spiro atoms. The minimum Gasteiger partial charge on any atom is -0.508 e. The standard InChI is InChI=1S/C16H23N3O2/c1-2-16(12-5-7-13(20)8-6-12)11-18-15(17)19(16)10-14-4-3-9-21-14/h5-8,14,20H,2-4,9-11H2,1H3,(H2,17,18). The van der Waals surface area contributed by atoms with E-state index in [1.54, 1.807) is 12.1 Å². The lowest BCUT2D eigenvalue weighted by molar-refractivity contribution is 0.0632. The molecule has 2 unspecified atom stereocenters. The van der Waals surface area contributed by atoms with Crippen LogP contribution in [0.4, 0.5) is 0 Å². The van der Waals surface area contributed by atoms with E-state index in [0.29, 0.717) is 12.5 Å². The van der Waals surface area contributed by atoms with E-state index in [2.05, 4.69) is 16.8 Å². The van der Waals surface area contributed by atoms with Gasteiger partial charge in [0.2, 0.25) is 0 Å². The molecule has 0 aliphatic carbocycles. The Kier molecular flexibility index (Phi) is 3.76. The predicted molar refractivity (Wildman–Crippen MR) is 82.2 cm³/mol. The maximum atomic E-state index is 9.52. The van der Waals surface area contributed by atoms with E-state index in [0.717, 1.165) is 38.0 Å². The Morgan fingerprint density at radius 2 is 2.19 bits per heavy atom. The van der Waals surface area contributed by atoms with Crippen molar-refractivity contribution in [1.29, 1.82) is 0 Å². The molecule has 114 valence electrons. The third-order valence-electron chi connectivity index (χ3n) is 4.70. The average molecular weight is 289 g/mol. The first-order chi connectivity index (χ1) is 10.2. The molecule has 21 heavy (non-hydrogen) atoms. The van der Waals surface area contributed by atoms with Gasteiger partial charge in [-0.1, -0.05) is 19.1 Å². The van der Waals surface area contributed by atoms with Crippen LogP contribution in [0, 0.1) is 0 Å². The average Bonchev–Trinajstić information content (AvgIpc) is 3.11. The fourth-order valence-electron chi connectivity index (χ4n) is 3.39. The van der Waals surface area contributed by atoms with Crippen molar-refractivity contribution in [3.05, 3.63) is 29.8 Å². The summed E-state index contributed by atoms with van der Waals surface area (Å²) >= 11 is 0. The van der Waals surface area contributed by atoms with Crippen LogP contribution in [0.1, 0.15) is 31.7 Å². The Hall–Kier alpha value is -1.75. The largest absolute Gasteiger partial charge is 0.508 e. The molecule has 5 nitrogen and oxygen atoms in total. The Balaban J connectivity index is 1.89. The molecular weight excluding hydrogens is 266 g/mol. The SMILES string of the molecule is CCC1(c2ccc(O)cc2)CN=C(N)N1CC1CCCO1. The first-order valence-electron chi connectivity index (χ1n) is 7.64. The van der Waals surface area contributed by atoms with E-state index in [1.807, 2.05) is 12.1 Å². The van der Waals surface area contributed by atoms with Crippen molar-refractivity contribution in [3.63, 3.8) is 0 Å². The van der Waals surface area contributed by atoms with Crippen molar-refractivity contribution >= 4 is 5.96 Å². The Morgan fingerprint density at radius 1 is 1.43 bits per heavy atom. The zero-order chi connectivity index (χ0) is 14.9. The number of ether oxygens (including phenoxy) is 1. The maximum absolute atomic E-state index is 9.52. The van der Waals surface area contributed by atoms with Crippen molar-refractivity contribution in [2.45, 2.75) is 37.8 Å². The van der Waals surface area contributed by atoms with Crippen LogP contribution >= 0.6 is 0 Å². The maximum Gasteiger partial charge on any atom is 0.192 e. The third-order valence-corrected chi connectivity index (χ3v) is 4.70. The quantitative estimate of drug-likeness (QED) is 0.887. The van der Waals surface area contributed by atoms with Crippen molar-refractivity contribution in [3.8, 4) is 5.75 Å². The Labute approximate surface area is 125 Å². The first kappa shape index (κ1) is 14.2. The number of benzene rings is 1. The summed E-state index contributed by atoms with van der Waals surface area (Å²) in [6.45, 7) is 4.44. The molecule has 3 N–H and O–H groups in total. The molecule has 1 fully saturated rings. The molecule has 1 aromatic rings. The zero-order valence-corrected chi connectivity index (χ0v) is 12.5. The summed E-state index contributed by atoms with van der Waals surface area (Å²) in [5.41, 5.74) is 7.07. The second-order valence-corrected chi connectivity index (χ2v) is 5.85. The lowest BCUT2D eigenvalue weighted by Crippen LogP contribution is -2.51. The van der Waals surface area contributed by atoms with E-state index < -0.39 is 0 Å². The minimum absolute atomic E-state index is 0.219. The predicted octanol–water partition coefficient (Wildman–Crippen LogP) is 1.81. The molecule has 0 bridgehead atoms. The van der Waals surface area contributed by atoms with Crippen LogP contribution in [-0.2, 0) is 10.3 Å². The zero-order valence-electron chi connectivity index (χ0n) is 12.5. The van der Waals surface area contributed by atoms with Gasteiger partial charge in [0.05, 0.1) is 18.2 Å². The molecule has 1 saturated heterocycles. The number of hydrogen-bond donors (Lipinski definition) is 2. The molecule has 3 rings (SSSR count). The number of hydrogen-bond acceptors (Lipinski definition) is 5. The lowest BCUT2D eigenvalue weighted by Gasteiger charge is -2.40. The normalized spacial score (nSPS) is 28.9. The van der Waals surface area contributed by atoms with E-state index in [-0.39, 0.29) is 17.4 Å². The van der Waals surface area contributed by atoms with Gasteiger partial charge in [-0.05, 0) is 37.0 Å². The van der Waals surface area contributed by atoms with Crippen molar-refractivity contribution in [2.75, 3.05) is 19.7 Å². The number of phenolic OH excluding ortho intramolecular Hbond substituents is 1. The Morgan fingerprint density at radius 3 is 2.81 bits per heavy atom. The van der Waals surface area contributed by atoms with Crippen LogP contribution in [0.3, 0.4) is 0 Å². The van der Waals surface area contributed by atoms with Gasteiger partial charge in [-0.25, -0.2) is 0 Å². The highest BCUT2D eigenvalue weighted by atomic mass is 16.5. The number of phenols is 1. The van der Waals surface area contributed by atoms with Gasteiger partial charge in [-0.2, -0.15) is 0 Å². The first-order valence-corrected chi connectivity index (χ1v) is 7.64. The molecule has 2 atom stereocenters. The molecule has 0 radical (unpaired) electrons. The Bertz CT molecular complexity index is 523. The summed E-state index contributed by atoms with van der Waals surface area (Å²) in [5, 5.41) is 9.52. The summed E-state index contributed by atoms with van der Waals surface area (Å²) in [6.07, 6.45) is 3.35. The van der Waals surface area contributed by atoms with Crippen LogP contribution in [0.25, 0.3) is 0 Å². The third kappa shape index (κ3) is 2.46. The van der Waals surface area contributed by atoms with Crippen LogP contribution in [0.5, 0.6) is 5.75 Å².